The van der Waals surface area contributed by atoms with Crippen molar-refractivity contribution in [2.75, 3.05) is 39.6 Å². The maximum Gasteiger partial charge on any atom is 0.341 e. The smallest absolute Gasteiger partial charge is 0.341 e. The van der Waals surface area contributed by atoms with E-state index in [-0.39, 0.29) is 30.3 Å². The van der Waals surface area contributed by atoms with E-state index in [2.05, 4.69) is 42.3 Å². The van der Waals surface area contributed by atoms with Gasteiger partial charge in [0.25, 0.3) is 6.47 Å². The molecule has 10 heteroatoms. The van der Waals surface area contributed by atoms with Gasteiger partial charge in [0.15, 0.2) is 0 Å². The van der Waals surface area contributed by atoms with Crippen LogP contribution in [0.25, 0.3) is 21.5 Å². The number of aromatic hydroxyl groups is 2. The Balaban J connectivity index is 0.000000288. The molecule has 0 radical (unpaired) electrons. The molecule has 0 unspecified atom stereocenters. The SMILES string of the molecule is CCCCCC.CCCOC(=O)c1cc(C#Cc2ccc3cc(OCCCO)ccc3c2)ccc1O.CCCOC=O.Cc1cc(C#Cc2ccc3cc(OCCCO)ccc3c2)ccc1O. The maximum atomic E-state index is 12.1. The Labute approximate surface area is 396 Å². The molecule has 6 aromatic rings. The second-order valence-corrected chi connectivity index (χ2v) is 15.3. The highest BCUT2D eigenvalue weighted by molar-refractivity contribution is 5.93. The number of rotatable bonds is 17. The van der Waals surface area contributed by atoms with Gasteiger partial charge in [-0.3, -0.25) is 4.79 Å². The van der Waals surface area contributed by atoms with Gasteiger partial charge in [0.2, 0.25) is 0 Å². The lowest BCUT2D eigenvalue weighted by atomic mass is 10.1. The Morgan fingerprint density at radius 1 is 0.507 bits per heavy atom. The zero-order valence-electron chi connectivity index (χ0n) is 39.6. The Bertz CT molecular complexity index is 2550. The van der Waals surface area contributed by atoms with Gasteiger partial charge < -0.3 is 39.4 Å². The number of esters is 1. The van der Waals surface area contributed by atoms with Gasteiger partial charge in [0.05, 0.1) is 26.4 Å². The number of phenolic OH excluding ortho intramolecular Hbond substituents is 2. The molecule has 0 aromatic heterocycles. The summed E-state index contributed by atoms with van der Waals surface area (Å²) in [5.74, 6) is 13.6. The van der Waals surface area contributed by atoms with E-state index in [1.165, 1.54) is 37.8 Å². The van der Waals surface area contributed by atoms with Crippen molar-refractivity contribution in [1.82, 2.24) is 0 Å². The van der Waals surface area contributed by atoms with Gasteiger partial charge in [-0.2, -0.15) is 0 Å². The predicted molar refractivity (Wildman–Crippen MR) is 268 cm³/mol. The fourth-order valence-corrected chi connectivity index (χ4v) is 6.03. The summed E-state index contributed by atoms with van der Waals surface area (Å²) in [7, 11) is 0. The summed E-state index contributed by atoms with van der Waals surface area (Å²) in [4.78, 5) is 21.4. The molecule has 0 bridgehead atoms. The summed E-state index contributed by atoms with van der Waals surface area (Å²) in [5.41, 5.74) is 4.19. The zero-order chi connectivity index (χ0) is 48.7. The number of aliphatic hydroxyl groups excluding tert-OH is 2. The first-order valence-corrected chi connectivity index (χ1v) is 23.0. The third kappa shape index (κ3) is 20.4. The number of aryl methyl sites for hydroxylation is 1. The first kappa shape index (κ1) is 54.4. The molecule has 0 atom stereocenters. The normalized spacial score (nSPS) is 9.96. The van der Waals surface area contributed by atoms with Crippen molar-refractivity contribution < 1.29 is 49.0 Å². The molecule has 0 aliphatic heterocycles. The van der Waals surface area contributed by atoms with Crippen LogP contribution in [0.3, 0.4) is 0 Å². The van der Waals surface area contributed by atoms with E-state index in [1.54, 1.807) is 12.1 Å². The molecule has 0 aliphatic rings. The highest BCUT2D eigenvalue weighted by Gasteiger charge is 2.13. The predicted octanol–water partition coefficient (Wildman–Crippen LogP) is 11.4. The van der Waals surface area contributed by atoms with Crippen LogP contribution in [0, 0.1) is 30.6 Å². The minimum atomic E-state index is -0.555. The monoisotopic (exact) mass is 910 g/mol. The topological polar surface area (TPSA) is 152 Å². The highest BCUT2D eigenvalue weighted by Crippen LogP contribution is 2.24. The van der Waals surface area contributed by atoms with Crippen molar-refractivity contribution in [1.29, 1.82) is 0 Å². The largest absolute Gasteiger partial charge is 0.508 e. The summed E-state index contributed by atoms with van der Waals surface area (Å²) in [6.45, 7) is 12.7. The Morgan fingerprint density at radius 3 is 1.37 bits per heavy atom. The third-order valence-corrected chi connectivity index (χ3v) is 9.67. The van der Waals surface area contributed by atoms with Gasteiger partial charge in [0, 0.05) is 48.3 Å². The van der Waals surface area contributed by atoms with Crippen LogP contribution in [0.5, 0.6) is 23.0 Å². The van der Waals surface area contributed by atoms with E-state index in [9.17, 15) is 19.8 Å². The number of benzene rings is 6. The number of hydrogen-bond acceptors (Lipinski definition) is 10. The minimum absolute atomic E-state index is 0.109. The van der Waals surface area contributed by atoms with Crippen molar-refractivity contribution in [2.24, 2.45) is 0 Å². The third-order valence-electron chi connectivity index (χ3n) is 9.67. The van der Waals surface area contributed by atoms with Crippen molar-refractivity contribution in [3.05, 3.63) is 143 Å². The molecule has 0 saturated carbocycles. The van der Waals surface area contributed by atoms with Crippen LogP contribution in [0.1, 0.15) is 117 Å². The summed E-state index contributed by atoms with van der Waals surface area (Å²) >= 11 is 0. The average molecular weight is 911 g/mol. The van der Waals surface area contributed by atoms with Crippen LogP contribution in [0.4, 0.5) is 0 Å². The van der Waals surface area contributed by atoms with E-state index in [4.69, 9.17) is 24.4 Å². The summed E-state index contributed by atoms with van der Waals surface area (Å²) in [5, 5.41) is 41.4. The summed E-state index contributed by atoms with van der Waals surface area (Å²) in [6, 6.07) is 33.7. The zero-order valence-corrected chi connectivity index (χ0v) is 39.6. The molecular formula is C57H66O10. The van der Waals surface area contributed by atoms with Crippen molar-refractivity contribution in [3.8, 4) is 46.7 Å². The molecule has 6 aromatic carbocycles. The van der Waals surface area contributed by atoms with Gasteiger partial charge in [-0.15, -0.1) is 0 Å². The molecule has 6 rings (SSSR count). The number of carbonyl (C=O) groups is 2. The molecule has 0 aliphatic carbocycles. The van der Waals surface area contributed by atoms with Crippen LogP contribution in [-0.4, -0.2) is 72.5 Å². The lowest BCUT2D eigenvalue weighted by Gasteiger charge is -2.06. The molecule has 67 heavy (non-hydrogen) atoms. The van der Waals surface area contributed by atoms with Gasteiger partial charge >= 0.3 is 5.97 Å². The second-order valence-electron chi connectivity index (χ2n) is 15.3. The van der Waals surface area contributed by atoms with Crippen molar-refractivity contribution >= 4 is 34.0 Å². The number of hydrogen-bond donors (Lipinski definition) is 4. The highest BCUT2D eigenvalue weighted by atomic mass is 16.5. The first-order chi connectivity index (χ1) is 32.6. The van der Waals surface area contributed by atoms with E-state index >= 15 is 0 Å². The standard InChI is InChI=1S/C25H24O5.C22H20O3.C6H14.C4H8O2/c1-2-13-30-25(28)23-16-19(7-11-24(23)27)5-4-18-6-8-21-17-22(29-14-3-12-26)10-9-20(21)15-18;1-16-13-17(6-10-22(16)24)3-4-18-5-7-20-15-21(25-12-2-11-23)9-8-19(20)14-18;1-3-5-6-4-2;1-2-3-6-4-5/h6-11,15-17,26-27H,2-3,12-14H2,1H3;5-10,13-15,23-24H,2,11-12H2,1H3;3-6H2,1-2H3;4H,2-3H2,1H3. The van der Waals surface area contributed by atoms with Gasteiger partial charge in [-0.25, -0.2) is 4.79 Å². The molecule has 10 nitrogen and oxygen atoms in total. The van der Waals surface area contributed by atoms with E-state index in [0.717, 1.165) is 61.7 Å². The number of aliphatic hydroxyl groups is 2. The van der Waals surface area contributed by atoms with Crippen molar-refractivity contribution in [3.63, 3.8) is 0 Å². The molecule has 0 fully saturated rings. The summed E-state index contributed by atoms with van der Waals surface area (Å²) in [6.07, 6.45) is 8.38. The number of fused-ring (bicyclic) bond motifs is 2. The Kier molecular flexibility index (Phi) is 25.8. The van der Waals surface area contributed by atoms with E-state index in [0.29, 0.717) is 57.7 Å². The fraction of sp³-hybridized carbons (Fsp3) is 0.333. The number of ether oxygens (including phenoxy) is 4. The molecule has 0 saturated heterocycles. The van der Waals surface area contributed by atoms with E-state index < -0.39 is 5.97 Å². The molecule has 0 amide bonds. The lowest BCUT2D eigenvalue weighted by Crippen LogP contribution is -2.06. The Morgan fingerprint density at radius 2 is 0.940 bits per heavy atom. The minimum Gasteiger partial charge on any atom is -0.508 e. The fourth-order valence-electron chi connectivity index (χ4n) is 6.03. The van der Waals surface area contributed by atoms with Crippen LogP contribution < -0.4 is 9.47 Å². The number of carbonyl (C=O) groups excluding carboxylic acids is 2. The van der Waals surface area contributed by atoms with Gasteiger partial charge in [0.1, 0.15) is 28.6 Å². The molecule has 0 heterocycles. The first-order valence-electron chi connectivity index (χ1n) is 23.0. The van der Waals surface area contributed by atoms with Crippen LogP contribution in [0.15, 0.2) is 109 Å². The second kappa shape index (κ2) is 31.8. The lowest BCUT2D eigenvalue weighted by molar-refractivity contribution is -0.128. The van der Waals surface area contributed by atoms with Crippen molar-refractivity contribution in [2.45, 2.75) is 86.0 Å². The van der Waals surface area contributed by atoms with Gasteiger partial charge in [-0.05, 0) is 132 Å². The van der Waals surface area contributed by atoms with Crippen LogP contribution in [-0.2, 0) is 14.3 Å². The van der Waals surface area contributed by atoms with Gasteiger partial charge in [-0.1, -0.05) is 101 Å². The quantitative estimate of drug-likeness (QED) is 0.0301. The van der Waals surface area contributed by atoms with Crippen LogP contribution >= 0.6 is 0 Å². The molecule has 4 N–H and O–H groups in total. The van der Waals surface area contributed by atoms with E-state index in [1.807, 2.05) is 106 Å². The number of phenols is 2. The summed E-state index contributed by atoms with van der Waals surface area (Å²) < 4.78 is 20.6. The van der Waals surface area contributed by atoms with Crippen LogP contribution in [0.2, 0.25) is 0 Å². The molecule has 0 spiro atoms. The molecular weight excluding hydrogens is 845 g/mol. The molecule has 354 valence electrons. The average Bonchev–Trinajstić information content (AvgIpc) is 3.35. The maximum absolute atomic E-state index is 12.1. The number of unbranched alkanes of at least 4 members (excludes halogenated alkanes) is 3. The Hall–Kier alpha value is -6.98.